The first-order valence-electron chi connectivity index (χ1n) is 9.10. The van der Waals surface area contributed by atoms with Crippen LogP contribution in [0, 0.1) is 0 Å². The van der Waals surface area contributed by atoms with E-state index in [1.54, 1.807) is 16.4 Å². The average Bonchev–Trinajstić information content (AvgIpc) is 2.71. The summed E-state index contributed by atoms with van der Waals surface area (Å²) in [4.78, 5) is 0.322. The molecule has 3 aromatic rings. The molecule has 0 spiro atoms. The van der Waals surface area contributed by atoms with Gasteiger partial charge in [0.05, 0.1) is 5.69 Å². The van der Waals surface area contributed by atoms with Gasteiger partial charge < -0.3 is 5.32 Å². The van der Waals surface area contributed by atoms with Gasteiger partial charge in [-0.2, -0.15) is 4.31 Å². The number of rotatable bonds is 4. The topological polar surface area (TPSA) is 49.4 Å². The van der Waals surface area contributed by atoms with Crippen LogP contribution in [0.25, 0.3) is 0 Å². The first-order chi connectivity index (χ1) is 13.1. The van der Waals surface area contributed by atoms with E-state index in [1.807, 2.05) is 54.6 Å². The SMILES string of the molecule is CCc1ccc(C2Nc3ccccc3S(=O)(=O)N2Cc2ccccc2)cc1. The van der Waals surface area contributed by atoms with E-state index >= 15 is 0 Å². The maximum absolute atomic E-state index is 13.4. The van der Waals surface area contributed by atoms with Crippen LogP contribution in [0.3, 0.4) is 0 Å². The maximum atomic E-state index is 13.4. The first kappa shape index (κ1) is 17.8. The van der Waals surface area contributed by atoms with Crippen molar-refractivity contribution in [3.8, 4) is 0 Å². The van der Waals surface area contributed by atoms with E-state index in [1.165, 1.54) is 5.56 Å². The van der Waals surface area contributed by atoms with Crippen LogP contribution in [0.2, 0.25) is 0 Å². The molecule has 0 amide bonds. The number of nitrogens with one attached hydrogen (secondary N) is 1. The Morgan fingerprint density at radius 2 is 1.52 bits per heavy atom. The summed E-state index contributed by atoms with van der Waals surface area (Å²) in [6.45, 7) is 2.42. The zero-order chi connectivity index (χ0) is 18.9. The van der Waals surface area contributed by atoms with Crippen LogP contribution in [-0.2, 0) is 23.0 Å². The van der Waals surface area contributed by atoms with Crippen molar-refractivity contribution in [2.45, 2.75) is 31.0 Å². The summed E-state index contributed by atoms with van der Waals surface area (Å²) in [6.07, 6.45) is 0.503. The van der Waals surface area contributed by atoms with Crippen LogP contribution in [0.1, 0.15) is 29.8 Å². The van der Waals surface area contributed by atoms with E-state index in [9.17, 15) is 8.42 Å². The van der Waals surface area contributed by atoms with Gasteiger partial charge in [0.2, 0.25) is 10.0 Å². The standard InChI is InChI=1S/C22H22N2O2S/c1-2-17-12-14-19(15-13-17)22-23-20-10-6-7-11-21(20)27(25,26)24(22)16-18-8-4-3-5-9-18/h3-15,22-23H,2,16H2,1H3. The molecule has 1 N–H and O–H groups in total. The molecule has 1 atom stereocenters. The molecule has 4 rings (SSSR count). The molecule has 138 valence electrons. The first-order valence-corrected chi connectivity index (χ1v) is 10.5. The fraction of sp³-hybridized carbons (Fsp3) is 0.182. The Kier molecular flexibility index (Phi) is 4.72. The molecule has 0 aromatic heterocycles. The molecule has 1 heterocycles. The van der Waals surface area contributed by atoms with Gasteiger partial charge in [-0.05, 0) is 35.2 Å². The highest BCUT2D eigenvalue weighted by Crippen LogP contribution is 2.39. The maximum Gasteiger partial charge on any atom is 0.247 e. The zero-order valence-electron chi connectivity index (χ0n) is 15.2. The molecule has 0 fully saturated rings. The van der Waals surface area contributed by atoms with Crippen LogP contribution in [-0.4, -0.2) is 12.7 Å². The lowest BCUT2D eigenvalue weighted by atomic mass is 10.1. The number of para-hydroxylation sites is 1. The van der Waals surface area contributed by atoms with E-state index < -0.39 is 16.2 Å². The predicted molar refractivity (Wildman–Crippen MR) is 108 cm³/mol. The number of sulfonamides is 1. The van der Waals surface area contributed by atoms with Gasteiger partial charge in [-0.25, -0.2) is 8.42 Å². The third kappa shape index (κ3) is 3.36. The molecule has 0 radical (unpaired) electrons. The summed E-state index contributed by atoms with van der Waals surface area (Å²) < 4.78 is 28.3. The quantitative estimate of drug-likeness (QED) is 0.724. The molecule has 1 aliphatic heterocycles. The van der Waals surface area contributed by atoms with E-state index in [2.05, 4.69) is 24.4 Å². The van der Waals surface area contributed by atoms with Crippen LogP contribution in [0.15, 0.2) is 83.8 Å². The van der Waals surface area contributed by atoms with E-state index in [0.29, 0.717) is 17.1 Å². The molecule has 1 aliphatic rings. The molecule has 5 heteroatoms. The van der Waals surface area contributed by atoms with E-state index in [-0.39, 0.29) is 0 Å². The monoisotopic (exact) mass is 378 g/mol. The number of aryl methyl sites for hydroxylation is 1. The van der Waals surface area contributed by atoms with Crippen LogP contribution in [0.5, 0.6) is 0 Å². The lowest BCUT2D eigenvalue weighted by Crippen LogP contribution is -2.42. The summed E-state index contributed by atoms with van der Waals surface area (Å²) in [7, 11) is -3.62. The van der Waals surface area contributed by atoms with Crippen LogP contribution >= 0.6 is 0 Å². The summed E-state index contributed by atoms with van der Waals surface area (Å²) in [5.41, 5.74) is 3.76. The van der Waals surface area contributed by atoms with Gasteiger partial charge in [0.15, 0.2) is 0 Å². The Balaban J connectivity index is 1.81. The fourth-order valence-electron chi connectivity index (χ4n) is 3.42. The smallest absolute Gasteiger partial charge is 0.247 e. The van der Waals surface area contributed by atoms with Crippen molar-refractivity contribution in [3.05, 3.63) is 95.6 Å². The number of benzene rings is 3. The summed E-state index contributed by atoms with van der Waals surface area (Å²) in [5.74, 6) is 0. The number of anilines is 1. The van der Waals surface area contributed by atoms with Gasteiger partial charge in [0, 0.05) is 6.54 Å². The van der Waals surface area contributed by atoms with Crippen molar-refractivity contribution >= 4 is 15.7 Å². The van der Waals surface area contributed by atoms with Gasteiger partial charge >= 0.3 is 0 Å². The lowest BCUT2D eigenvalue weighted by Gasteiger charge is -2.37. The highest BCUT2D eigenvalue weighted by atomic mass is 32.2. The second kappa shape index (κ2) is 7.18. The Bertz CT molecular complexity index is 1030. The minimum absolute atomic E-state index is 0.310. The molecule has 0 saturated heterocycles. The van der Waals surface area contributed by atoms with Gasteiger partial charge in [0.1, 0.15) is 11.1 Å². The van der Waals surface area contributed by atoms with Crippen molar-refractivity contribution in [3.63, 3.8) is 0 Å². The molecule has 27 heavy (non-hydrogen) atoms. The summed E-state index contributed by atoms with van der Waals surface area (Å²) >= 11 is 0. The van der Waals surface area contributed by atoms with Crippen molar-refractivity contribution in [1.82, 2.24) is 4.31 Å². The molecule has 1 unspecified atom stereocenters. The second-order valence-corrected chi connectivity index (χ2v) is 8.53. The number of hydrogen-bond donors (Lipinski definition) is 1. The highest BCUT2D eigenvalue weighted by Gasteiger charge is 2.38. The zero-order valence-corrected chi connectivity index (χ0v) is 16.0. The molecule has 0 aliphatic carbocycles. The molecule has 0 bridgehead atoms. The minimum atomic E-state index is -3.62. The Morgan fingerprint density at radius 3 is 2.22 bits per heavy atom. The van der Waals surface area contributed by atoms with Crippen molar-refractivity contribution in [2.24, 2.45) is 0 Å². The third-order valence-corrected chi connectivity index (χ3v) is 6.81. The van der Waals surface area contributed by atoms with E-state index in [4.69, 9.17) is 0 Å². The van der Waals surface area contributed by atoms with Crippen LogP contribution < -0.4 is 5.32 Å². The average molecular weight is 378 g/mol. The Hall–Kier alpha value is -2.63. The van der Waals surface area contributed by atoms with Gasteiger partial charge in [-0.1, -0.05) is 73.7 Å². The number of hydrogen-bond acceptors (Lipinski definition) is 3. The van der Waals surface area contributed by atoms with Crippen molar-refractivity contribution < 1.29 is 8.42 Å². The second-order valence-electron chi connectivity index (χ2n) is 6.67. The predicted octanol–water partition coefficient (Wildman–Crippen LogP) is 4.56. The fourth-order valence-corrected chi connectivity index (χ4v) is 5.10. The van der Waals surface area contributed by atoms with Gasteiger partial charge in [-0.15, -0.1) is 0 Å². The minimum Gasteiger partial charge on any atom is -0.364 e. The molecular weight excluding hydrogens is 356 g/mol. The summed E-state index contributed by atoms with van der Waals surface area (Å²) in [5, 5.41) is 3.42. The largest absolute Gasteiger partial charge is 0.364 e. The van der Waals surface area contributed by atoms with Gasteiger partial charge in [0.25, 0.3) is 0 Å². The van der Waals surface area contributed by atoms with E-state index in [0.717, 1.165) is 17.5 Å². The normalized spacial score (nSPS) is 18.5. The molecular formula is C22H22N2O2S. The van der Waals surface area contributed by atoms with Crippen molar-refractivity contribution in [2.75, 3.05) is 5.32 Å². The molecule has 0 saturated carbocycles. The Labute approximate surface area is 160 Å². The summed E-state index contributed by atoms with van der Waals surface area (Å²) in [6, 6.07) is 24.9. The molecule has 3 aromatic carbocycles. The number of nitrogens with zero attached hydrogens (tertiary/aromatic N) is 1. The number of fused-ring (bicyclic) bond motifs is 1. The van der Waals surface area contributed by atoms with Crippen molar-refractivity contribution in [1.29, 1.82) is 0 Å². The van der Waals surface area contributed by atoms with Gasteiger partial charge in [-0.3, -0.25) is 0 Å². The lowest BCUT2D eigenvalue weighted by molar-refractivity contribution is 0.336. The van der Waals surface area contributed by atoms with Crippen LogP contribution in [0.4, 0.5) is 5.69 Å². The molecule has 4 nitrogen and oxygen atoms in total. The third-order valence-electron chi connectivity index (χ3n) is 4.94. The Morgan fingerprint density at radius 1 is 0.852 bits per heavy atom. The highest BCUT2D eigenvalue weighted by molar-refractivity contribution is 7.89.